The van der Waals surface area contributed by atoms with E-state index in [1.807, 2.05) is 36.4 Å². The zero-order chi connectivity index (χ0) is 28.3. The molecule has 3 N–H and O–H groups in total. The molecule has 0 aliphatic heterocycles. The molecule has 4 aromatic rings. The fraction of sp³-hybridized carbons (Fsp3) is 0.0645. The maximum Gasteiger partial charge on any atom is 0.272 e. The Bertz CT molecular complexity index is 1540. The van der Waals surface area contributed by atoms with Gasteiger partial charge >= 0.3 is 0 Å². The van der Waals surface area contributed by atoms with Crippen LogP contribution in [0.5, 0.6) is 5.75 Å². The van der Waals surface area contributed by atoms with Crippen LogP contribution in [0.4, 0.5) is 11.4 Å². The molecular formula is C31H26BrN3O4S. The second-order valence-corrected chi connectivity index (χ2v) is 10.4. The number of hydrogen-bond donors (Lipinski definition) is 3. The normalized spacial score (nSPS) is 10.9. The minimum atomic E-state index is -0.499. The number of anilines is 2. The summed E-state index contributed by atoms with van der Waals surface area (Å²) in [5.41, 5.74) is 2.38. The number of para-hydroxylation sites is 1. The van der Waals surface area contributed by atoms with Crippen molar-refractivity contribution in [3.05, 3.63) is 124 Å². The van der Waals surface area contributed by atoms with Gasteiger partial charge in [0, 0.05) is 20.6 Å². The van der Waals surface area contributed by atoms with Gasteiger partial charge in [-0.05, 0) is 82.2 Å². The molecule has 0 aliphatic rings. The molecular weight excluding hydrogens is 590 g/mol. The van der Waals surface area contributed by atoms with Gasteiger partial charge in [-0.3, -0.25) is 14.4 Å². The Balaban J connectivity index is 1.47. The number of thioether (sulfide) groups is 1. The molecule has 0 spiro atoms. The van der Waals surface area contributed by atoms with Gasteiger partial charge in [-0.25, -0.2) is 0 Å². The number of nitrogens with one attached hydrogen (secondary N) is 3. The summed E-state index contributed by atoms with van der Waals surface area (Å²) in [6.07, 6.45) is 1.59. The number of halogens is 1. The zero-order valence-corrected chi connectivity index (χ0v) is 23.9. The van der Waals surface area contributed by atoms with E-state index < -0.39 is 11.8 Å². The van der Waals surface area contributed by atoms with Crippen molar-refractivity contribution < 1.29 is 19.1 Å². The van der Waals surface area contributed by atoms with Gasteiger partial charge in [0.15, 0.2) is 0 Å². The number of amides is 3. The first-order chi connectivity index (χ1) is 19.4. The zero-order valence-electron chi connectivity index (χ0n) is 21.5. The predicted octanol–water partition coefficient (Wildman–Crippen LogP) is 6.60. The van der Waals surface area contributed by atoms with Crippen molar-refractivity contribution in [1.82, 2.24) is 5.32 Å². The van der Waals surface area contributed by atoms with E-state index in [-0.39, 0.29) is 17.4 Å². The highest BCUT2D eigenvalue weighted by molar-refractivity contribution is 9.10. The van der Waals surface area contributed by atoms with E-state index in [1.165, 1.54) is 11.8 Å². The SMILES string of the molecule is COc1cccc(/C=C(\NC(=O)c2ccccc2)C(=O)Nc2cccc(SCC(=O)Nc3ccccc3Br)c2)c1. The second kappa shape index (κ2) is 14.2. The molecule has 4 aromatic carbocycles. The van der Waals surface area contributed by atoms with Gasteiger partial charge in [0.25, 0.3) is 11.8 Å². The third-order valence-corrected chi connectivity index (χ3v) is 7.23. The summed E-state index contributed by atoms with van der Waals surface area (Å²) in [6.45, 7) is 0. The lowest BCUT2D eigenvalue weighted by atomic mass is 10.1. The van der Waals surface area contributed by atoms with Crippen LogP contribution in [0.25, 0.3) is 6.08 Å². The topological polar surface area (TPSA) is 96.5 Å². The Morgan fingerprint density at radius 3 is 2.38 bits per heavy atom. The van der Waals surface area contributed by atoms with Gasteiger partial charge in [-0.1, -0.05) is 48.5 Å². The number of hydrogen-bond acceptors (Lipinski definition) is 5. The summed E-state index contributed by atoms with van der Waals surface area (Å²) in [7, 11) is 1.56. The average Bonchev–Trinajstić information content (AvgIpc) is 2.97. The standard InChI is InChI=1S/C31H26BrN3O4S/c1-39-24-13-7-9-21(17-24)18-28(35-30(37)22-10-3-2-4-11-22)31(38)33-23-12-8-14-25(19-23)40-20-29(36)34-27-16-6-5-15-26(27)32/h2-19H,20H2,1H3,(H,33,38)(H,34,36)(H,35,37)/b28-18-. The first-order valence-corrected chi connectivity index (χ1v) is 14.0. The molecule has 9 heteroatoms. The number of carbonyl (C=O) groups excluding carboxylic acids is 3. The molecule has 7 nitrogen and oxygen atoms in total. The van der Waals surface area contributed by atoms with Crippen LogP contribution >= 0.6 is 27.7 Å². The van der Waals surface area contributed by atoms with E-state index in [4.69, 9.17) is 4.74 Å². The Kier molecular flexibility index (Phi) is 10.1. The van der Waals surface area contributed by atoms with E-state index in [0.717, 1.165) is 9.37 Å². The number of carbonyl (C=O) groups is 3. The second-order valence-electron chi connectivity index (χ2n) is 8.45. The summed E-state index contributed by atoms with van der Waals surface area (Å²) in [5, 5.41) is 8.45. The van der Waals surface area contributed by atoms with Gasteiger partial charge in [-0.15, -0.1) is 11.8 Å². The summed E-state index contributed by atoms with van der Waals surface area (Å²) in [4.78, 5) is 39.5. The highest BCUT2D eigenvalue weighted by Crippen LogP contribution is 2.25. The molecule has 0 radical (unpaired) electrons. The van der Waals surface area contributed by atoms with Gasteiger partial charge in [0.05, 0.1) is 18.6 Å². The lowest BCUT2D eigenvalue weighted by Crippen LogP contribution is -2.30. The van der Waals surface area contributed by atoms with Crippen molar-refractivity contribution in [3.8, 4) is 5.75 Å². The van der Waals surface area contributed by atoms with Crippen molar-refractivity contribution in [2.24, 2.45) is 0 Å². The molecule has 4 rings (SSSR count). The van der Waals surface area contributed by atoms with Crippen molar-refractivity contribution >= 4 is 62.9 Å². The Hall–Kier alpha value is -4.34. The van der Waals surface area contributed by atoms with Crippen LogP contribution in [-0.2, 0) is 9.59 Å². The van der Waals surface area contributed by atoms with Gasteiger partial charge < -0.3 is 20.7 Å². The highest BCUT2D eigenvalue weighted by atomic mass is 79.9. The third-order valence-electron chi connectivity index (χ3n) is 5.54. The maximum atomic E-state index is 13.4. The van der Waals surface area contributed by atoms with E-state index in [9.17, 15) is 14.4 Å². The molecule has 0 aromatic heterocycles. The Morgan fingerprint density at radius 2 is 1.60 bits per heavy atom. The van der Waals surface area contributed by atoms with E-state index in [2.05, 4.69) is 31.9 Å². The fourth-order valence-corrected chi connectivity index (χ4v) is 4.74. The molecule has 0 atom stereocenters. The predicted molar refractivity (Wildman–Crippen MR) is 163 cm³/mol. The lowest BCUT2D eigenvalue weighted by Gasteiger charge is -2.12. The maximum absolute atomic E-state index is 13.4. The Labute approximate surface area is 245 Å². The first-order valence-electron chi connectivity index (χ1n) is 12.2. The molecule has 0 saturated carbocycles. The molecule has 3 amide bonds. The molecule has 0 bridgehead atoms. The van der Waals surface area contributed by atoms with Crippen LogP contribution in [-0.4, -0.2) is 30.6 Å². The van der Waals surface area contributed by atoms with Crippen LogP contribution in [0.1, 0.15) is 15.9 Å². The van der Waals surface area contributed by atoms with E-state index in [1.54, 1.807) is 79.9 Å². The lowest BCUT2D eigenvalue weighted by molar-refractivity contribution is -0.114. The Morgan fingerprint density at radius 1 is 0.850 bits per heavy atom. The number of ether oxygens (including phenoxy) is 1. The largest absolute Gasteiger partial charge is 0.497 e. The van der Waals surface area contributed by atoms with Crippen molar-refractivity contribution in [3.63, 3.8) is 0 Å². The van der Waals surface area contributed by atoms with Crippen LogP contribution < -0.4 is 20.7 Å². The first kappa shape index (κ1) is 28.7. The van der Waals surface area contributed by atoms with Crippen LogP contribution in [0.3, 0.4) is 0 Å². The molecule has 40 heavy (non-hydrogen) atoms. The van der Waals surface area contributed by atoms with Crippen LogP contribution in [0.15, 0.2) is 118 Å². The van der Waals surface area contributed by atoms with Gasteiger partial charge in [0.2, 0.25) is 5.91 Å². The van der Waals surface area contributed by atoms with E-state index >= 15 is 0 Å². The molecule has 0 saturated heterocycles. The summed E-state index contributed by atoms with van der Waals surface area (Å²) in [6, 6.07) is 30.4. The van der Waals surface area contributed by atoms with E-state index in [0.29, 0.717) is 28.3 Å². The summed E-state index contributed by atoms with van der Waals surface area (Å²) in [5.74, 6) is -0.256. The number of benzene rings is 4. The minimum absolute atomic E-state index is 0.0629. The average molecular weight is 617 g/mol. The molecule has 0 aliphatic carbocycles. The monoisotopic (exact) mass is 615 g/mol. The van der Waals surface area contributed by atoms with Gasteiger partial charge in [-0.2, -0.15) is 0 Å². The smallest absolute Gasteiger partial charge is 0.272 e. The van der Waals surface area contributed by atoms with Crippen LogP contribution in [0, 0.1) is 0 Å². The summed E-state index contributed by atoms with van der Waals surface area (Å²) < 4.78 is 6.09. The number of methoxy groups -OCH3 is 1. The quantitative estimate of drug-likeness (QED) is 0.138. The van der Waals surface area contributed by atoms with Crippen molar-refractivity contribution in [2.45, 2.75) is 4.90 Å². The molecule has 0 heterocycles. The van der Waals surface area contributed by atoms with Crippen LogP contribution in [0.2, 0.25) is 0 Å². The van der Waals surface area contributed by atoms with Crippen molar-refractivity contribution in [2.75, 3.05) is 23.5 Å². The van der Waals surface area contributed by atoms with Crippen molar-refractivity contribution in [1.29, 1.82) is 0 Å². The minimum Gasteiger partial charge on any atom is -0.497 e. The highest BCUT2D eigenvalue weighted by Gasteiger charge is 2.16. The van der Waals surface area contributed by atoms with Gasteiger partial charge in [0.1, 0.15) is 11.4 Å². The third kappa shape index (κ3) is 8.33. The molecule has 0 fully saturated rings. The fourth-order valence-electron chi connectivity index (χ4n) is 3.60. The molecule has 202 valence electrons. The number of rotatable bonds is 10. The summed E-state index contributed by atoms with van der Waals surface area (Å²) >= 11 is 4.76. The molecule has 0 unspecified atom stereocenters.